The number of carboxylic acids is 1. The van der Waals surface area contributed by atoms with E-state index in [1.807, 2.05) is 6.07 Å². The first-order chi connectivity index (χ1) is 10.2. The molecule has 1 aromatic rings. The standard InChI is InChI=1S/C17H26O4/c18-15-10-9-11-16(14-15)21-13-8-6-4-2-1-3-5-7-12-17(19)20/h9-11,14,18H,1-8,12-13H2,(H,19,20). The average molecular weight is 294 g/mol. The lowest BCUT2D eigenvalue weighted by atomic mass is 10.1. The molecule has 0 aliphatic rings. The third kappa shape index (κ3) is 9.77. The SMILES string of the molecule is O=C(O)CCCCCCCCCCOc1cccc(O)c1. The first kappa shape index (κ1) is 17.3. The van der Waals surface area contributed by atoms with E-state index in [9.17, 15) is 9.90 Å². The van der Waals surface area contributed by atoms with E-state index >= 15 is 0 Å². The Hall–Kier alpha value is -1.71. The van der Waals surface area contributed by atoms with Gasteiger partial charge in [-0.3, -0.25) is 4.79 Å². The summed E-state index contributed by atoms with van der Waals surface area (Å²) in [6.07, 6.45) is 9.01. The molecule has 118 valence electrons. The Kier molecular flexibility index (Phi) is 9.09. The number of unbranched alkanes of at least 4 members (excludes halogenated alkanes) is 7. The highest BCUT2D eigenvalue weighted by molar-refractivity contribution is 5.66. The van der Waals surface area contributed by atoms with Crippen LogP contribution < -0.4 is 4.74 Å². The van der Waals surface area contributed by atoms with Crippen molar-refractivity contribution in [1.29, 1.82) is 0 Å². The predicted octanol–water partition coefficient (Wildman–Crippen LogP) is 4.37. The van der Waals surface area contributed by atoms with Gasteiger partial charge in [-0.2, -0.15) is 0 Å². The number of phenols is 1. The summed E-state index contributed by atoms with van der Waals surface area (Å²) in [6.45, 7) is 0.683. The fraction of sp³-hybridized carbons (Fsp3) is 0.588. The summed E-state index contributed by atoms with van der Waals surface area (Å²) in [5.74, 6) is 0.255. The molecule has 0 aliphatic carbocycles. The highest BCUT2D eigenvalue weighted by Crippen LogP contribution is 2.18. The van der Waals surface area contributed by atoms with E-state index in [4.69, 9.17) is 9.84 Å². The molecule has 0 radical (unpaired) electrons. The zero-order valence-electron chi connectivity index (χ0n) is 12.6. The van der Waals surface area contributed by atoms with Crippen molar-refractivity contribution in [3.05, 3.63) is 24.3 Å². The molecule has 0 aliphatic heterocycles. The van der Waals surface area contributed by atoms with E-state index in [0.717, 1.165) is 32.1 Å². The molecule has 21 heavy (non-hydrogen) atoms. The van der Waals surface area contributed by atoms with E-state index in [0.29, 0.717) is 18.8 Å². The highest BCUT2D eigenvalue weighted by Gasteiger charge is 1.97. The number of hydrogen-bond acceptors (Lipinski definition) is 3. The maximum absolute atomic E-state index is 10.3. The molecule has 2 N–H and O–H groups in total. The number of ether oxygens (including phenoxy) is 1. The first-order valence-corrected chi connectivity index (χ1v) is 7.82. The Bertz CT molecular complexity index is 404. The van der Waals surface area contributed by atoms with Crippen molar-refractivity contribution in [1.82, 2.24) is 0 Å². The second-order valence-electron chi connectivity index (χ2n) is 5.32. The van der Waals surface area contributed by atoms with Crippen LogP contribution in [-0.4, -0.2) is 22.8 Å². The fourth-order valence-electron chi connectivity index (χ4n) is 2.20. The second kappa shape index (κ2) is 11.0. The predicted molar refractivity (Wildman–Crippen MR) is 82.8 cm³/mol. The van der Waals surface area contributed by atoms with Crippen LogP contribution in [0.15, 0.2) is 24.3 Å². The monoisotopic (exact) mass is 294 g/mol. The Morgan fingerprint density at radius 3 is 2.19 bits per heavy atom. The molecule has 0 amide bonds. The van der Waals surface area contributed by atoms with Gasteiger partial charge in [0, 0.05) is 12.5 Å². The van der Waals surface area contributed by atoms with E-state index in [2.05, 4.69) is 0 Å². The molecule has 1 rings (SSSR count). The number of aliphatic carboxylic acids is 1. The molecule has 0 atom stereocenters. The van der Waals surface area contributed by atoms with Crippen LogP contribution in [0.5, 0.6) is 11.5 Å². The molecule has 0 aromatic heterocycles. The zero-order chi connectivity index (χ0) is 15.3. The van der Waals surface area contributed by atoms with Gasteiger partial charge in [0.05, 0.1) is 6.61 Å². The van der Waals surface area contributed by atoms with Crippen molar-refractivity contribution in [2.75, 3.05) is 6.61 Å². The highest BCUT2D eigenvalue weighted by atomic mass is 16.5. The third-order valence-electron chi connectivity index (χ3n) is 3.37. The number of phenolic OH excluding ortho intramolecular Hbond substituents is 1. The van der Waals surface area contributed by atoms with Crippen molar-refractivity contribution < 1.29 is 19.7 Å². The van der Waals surface area contributed by atoms with Crippen molar-refractivity contribution in [3.63, 3.8) is 0 Å². The van der Waals surface area contributed by atoms with E-state index in [1.54, 1.807) is 18.2 Å². The van der Waals surface area contributed by atoms with Crippen LogP contribution >= 0.6 is 0 Å². The number of benzene rings is 1. The first-order valence-electron chi connectivity index (χ1n) is 7.82. The van der Waals surface area contributed by atoms with Crippen LogP contribution in [0, 0.1) is 0 Å². The van der Waals surface area contributed by atoms with Gasteiger partial charge >= 0.3 is 5.97 Å². The summed E-state index contributed by atoms with van der Waals surface area (Å²) in [5.41, 5.74) is 0. The Morgan fingerprint density at radius 2 is 1.57 bits per heavy atom. The lowest BCUT2D eigenvalue weighted by Gasteiger charge is -2.06. The summed E-state index contributed by atoms with van der Waals surface area (Å²) in [7, 11) is 0. The van der Waals surface area contributed by atoms with Gasteiger partial charge in [0.1, 0.15) is 11.5 Å². The molecule has 0 bridgehead atoms. The van der Waals surface area contributed by atoms with Gasteiger partial charge in [-0.05, 0) is 25.0 Å². The number of carboxylic acid groups (broad SMARTS) is 1. The van der Waals surface area contributed by atoms with Crippen LogP contribution in [-0.2, 0) is 4.79 Å². The van der Waals surface area contributed by atoms with Crippen molar-refractivity contribution in [2.24, 2.45) is 0 Å². The van der Waals surface area contributed by atoms with Gasteiger partial charge in [-0.25, -0.2) is 0 Å². The molecule has 0 fully saturated rings. The van der Waals surface area contributed by atoms with E-state index in [-0.39, 0.29) is 5.75 Å². The summed E-state index contributed by atoms with van der Waals surface area (Å²) >= 11 is 0. The van der Waals surface area contributed by atoms with Gasteiger partial charge in [0.2, 0.25) is 0 Å². The number of rotatable bonds is 12. The lowest BCUT2D eigenvalue weighted by Crippen LogP contribution is -1.97. The molecule has 0 spiro atoms. The van der Waals surface area contributed by atoms with Gasteiger partial charge in [0.15, 0.2) is 0 Å². The molecule has 4 heteroatoms. The van der Waals surface area contributed by atoms with Crippen molar-refractivity contribution in [2.45, 2.75) is 57.8 Å². The molecule has 0 unspecified atom stereocenters. The van der Waals surface area contributed by atoms with Gasteiger partial charge in [-0.15, -0.1) is 0 Å². The smallest absolute Gasteiger partial charge is 0.303 e. The summed E-state index contributed by atoms with van der Waals surface area (Å²) in [6, 6.07) is 6.87. The molecule has 0 saturated heterocycles. The topological polar surface area (TPSA) is 66.8 Å². The quantitative estimate of drug-likeness (QED) is 0.562. The molecule has 4 nitrogen and oxygen atoms in total. The van der Waals surface area contributed by atoms with Crippen LogP contribution in [0.3, 0.4) is 0 Å². The van der Waals surface area contributed by atoms with Gasteiger partial charge in [0.25, 0.3) is 0 Å². The Labute approximate surface area is 126 Å². The van der Waals surface area contributed by atoms with Crippen LogP contribution in [0.1, 0.15) is 57.8 Å². The number of hydrogen-bond donors (Lipinski definition) is 2. The van der Waals surface area contributed by atoms with Crippen LogP contribution in [0.2, 0.25) is 0 Å². The Balaban J connectivity index is 1.86. The minimum atomic E-state index is -0.693. The summed E-state index contributed by atoms with van der Waals surface area (Å²) in [4.78, 5) is 10.3. The van der Waals surface area contributed by atoms with Gasteiger partial charge < -0.3 is 14.9 Å². The van der Waals surface area contributed by atoms with Crippen molar-refractivity contribution >= 4 is 5.97 Å². The molecular weight excluding hydrogens is 268 g/mol. The van der Waals surface area contributed by atoms with Crippen molar-refractivity contribution in [3.8, 4) is 11.5 Å². The maximum atomic E-state index is 10.3. The molecule has 0 heterocycles. The van der Waals surface area contributed by atoms with Crippen LogP contribution in [0.4, 0.5) is 0 Å². The van der Waals surface area contributed by atoms with E-state index in [1.165, 1.54) is 19.3 Å². The minimum Gasteiger partial charge on any atom is -0.508 e. The molecule has 1 aromatic carbocycles. The average Bonchev–Trinajstić information content (AvgIpc) is 2.44. The van der Waals surface area contributed by atoms with E-state index < -0.39 is 5.97 Å². The summed E-state index contributed by atoms with van der Waals surface area (Å²) < 4.78 is 5.55. The molecular formula is C17H26O4. The summed E-state index contributed by atoms with van der Waals surface area (Å²) in [5, 5.41) is 17.8. The minimum absolute atomic E-state index is 0.232. The molecule has 0 saturated carbocycles. The fourth-order valence-corrected chi connectivity index (χ4v) is 2.20. The Morgan fingerprint density at radius 1 is 0.952 bits per heavy atom. The maximum Gasteiger partial charge on any atom is 0.303 e. The lowest BCUT2D eigenvalue weighted by molar-refractivity contribution is -0.137. The van der Waals surface area contributed by atoms with Crippen LogP contribution in [0.25, 0.3) is 0 Å². The zero-order valence-corrected chi connectivity index (χ0v) is 12.6. The third-order valence-corrected chi connectivity index (χ3v) is 3.37. The number of aromatic hydroxyl groups is 1. The normalized spacial score (nSPS) is 10.5. The van der Waals surface area contributed by atoms with Gasteiger partial charge in [-0.1, -0.05) is 44.6 Å². The number of carbonyl (C=O) groups is 1. The largest absolute Gasteiger partial charge is 0.508 e. The second-order valence-corrected chi connectivity index (χ2v) is 5.32.